The van der Waals surface area contributed by atoms with Crippen molar-refractivity contribution in [3.8, 4) is 5.75 Å². The number of hydrogen-bond acceptors (Lipinski definition) is 7. The standard InChI is InChI=1S/C21H16F2N2O5S2/c1-29-14-5-2-12(3-6-14)8-17-20(28)25(21(31)32-17)10-19(27)30-11-18(26)24-16-7-4-13(22)9-15(16)23/h2-9H,10-11H2,1H3,(H,24,26)/b17-8+. The molecule has 0 radical (unpaired) electrons. The smallest absolute Gasteiger partial charge is 0.326 e. The van der Waals surface area contributed by atoms with Crippen LogP contribution in [0.25, 0.3) is 6.08 Å². The number of hydrogen-bond donors (Lipinski definition) is 1. The number of carbonyl (C=O) groups is 3. The number of carbonyl (C=O) groups excluding carboxylic acids is 3. The molecule has 0 spiro atoms. The topological polar surface area (TPSA) is 84.9 Å². The molecule has 0 aromatic heterocycles. The van der Waals surface area contributed by atoms with Gasteiger partial charge in [-0.15, -0.1) is 0 Å². The van der Waals surface area contributed by atoms with Gasteiger partial charge in [0, 0.05) is 6.07 Å². The van der Waals surface area contributed by atoms with Crippen molar-refractivity contribution in [2.45, 2.75) is 0 Å². The maximum absolute atomic E-state index is 13.6. The molecule has 0 aliphatic carbocycles. The molecular formula is C21H16F2N2O5S2. The number of ether oxygens (including phenoxy) is 2. The largest absolute Gasteiger partial charge is 0.497 e. The maximum atomic E-state index is 13.6. The molecule has 0 bridgehead atoms. The number of nitrogens with zero attached hydrogens (tertiary/aromatic N) is 1. The molecule has 0 unspecified atom stereocenters. The average Bonchev–Trinajstić information content (AvgIpc) is 3.02. The Hall–Kier alpha value is -3.31. The summed E-state index contributed by atoms with van der Waals surface area (Å²) in [5, 5.41) is 2.16. The fourth-order valence-corrected chi connectivity index (χ4v) is 3.84. The van der Waals surface area contributed by atoms with Gasteiger partial charge in [-0.25, -0.2) is 8.78 Å². The van der Waals surface area contributed by atoms with Gasteiger partial charge in [0.05, 0.1) is 17.7 Å². The van der Waals surface area contributed by atoms with Crippen LogP contribution < -0.4 is 10.1 Å². The molecule has 2 amide bonds. The van der Waals surface area contributed by atoms with Crippen LogP contribution in [0.4, 0.5) is 14.5 Å². The minimum atomic E-state index is -0.967. The molecule has 2 aromatic carbocycles. The highest BCUT2D eigenvalue weighted by Crippen LogP contribution is 2.32. The molecule has 1 heterocycles. The molecule has 0 saturated carbocycles. The van der Waals surface area contributed by atoms with Crippen LogP contribution in [0.1, 0.15) is 5.56 Å². The van der Waals surface area contributed by atoms with Gasteiger partial charge in [-0.1, -0.05) is 36.1 Å². The van der Waals surface area contributed by atoms with Crippen molar-refractivity contribution in [3.05, 3.63) is 64.6 Å². The Morgan fingerprint density at radius 2 is 1.91 bits per heavy atom. The number of thiocarbonyl (C=S) groups is 1. The highest BCUT2D eigenvalue weighted by atomic mass is 32.2. The highest BCUT2D eigenvalue weighted by molar-refractivity contribution is 8.26. The Bertz CT molecular complexity index is 1110. The van der Waals surface area contributed by atoms with Gasteiger partial charge in [0.2, 0.25) is 0 Å². The van der Waals surface area contributed by atoms with Gasteiger partial charge in [0.15, 0.2) is 6.61 Å². The van der Waals surface area contributed by atoms with Crippen molar-refractivity contribution in [3.63, 3.8) is 0 Å². The van der Waals surface area contributed by atoms with Crippen LogP contribution in [-0.4, -0.2) is 47.3 Å². The van der Waals surface area contributed by atoms with E-state index < -0.39 is 42.6 Å². The number of anilines is 1. The zero-order valence-corrected chi connectivity index (χ0v) is 18.2. The summed E-state index contributed by atoms with van der Waals surface area (Å²) in [4.78, 5) is 37.9. The van der Waals surface area contributed by atoms with Gasteiger partial charge in [-0.05, 0) is 35.9 Å². The van der Waals surface area contributed by atoms with Crippen molar-refractivity contribution in [2.75, 3.05) is 25.6 Å². The third kappa shape index (κ3) is 5.89. The number of halogens is 2. The molecule has 1 N–H and O–H groups in total. The van der Waals surface area contributed by atoms with E-state index in [2.05, 4.69) is 5.32 Å². The molecule has 1 aliphatic rings. The van der Waals surface area contributed by atoms with E-state index in [1.807, 2.05) is 0 Å². The van der Waals surface area contributed by atoms with Crippen molar-refractivity contribution < 1.29 is 32.6 Å². The Labute approximate surface area is 191 Å². The highest BCUT2D eigenvalue weighted by Gasteiger charge is 2.33. The summed E-state index contributed by atoms with van der Waals surface area (Å²) in [6, 6.07) is 9.64. The third-order valence-electron chi connectivity index (χ3n) is 4.14. The molecule has 1 aliphatic heterocycles. The van der Waals surface area contributed by atoms with E-state index in [-0.39, 0.29) is 10.0 Å². The molecule has 166 valence electrons. The second-order valence-electron chi connectivity index (χ2n) is 6.37. The van der Waals surface area contributed by atoms with Crippen LogP contribution in [0, 0.1) is 11.6 Å². The first-order valence-corrected chi connectivity index (χ1v) is 10.3. The quantitative estimate of drug-likeness (QED) is 0.371. The summed E-state index contributed by atoms with van der Waals surface area (Å²) in [7, 11) is 1.55. The SMILES string of the molecule is COc1ccc(/C=C2/SC(=S)N(CC(=O)OCC(=O)Nc3ccc(F)cc3F)C2=O)cc1. The number of methoxy groups -OCH3 is 1. The summed E-state index contributed by atoms with van der Waals surface area (Å²) in [5.74, 6) is -3.26. The third-order valence-corrected chi connectivity index (χ3v) is 5.52. The van der Waals surface area contributed by atoms with E-state index in [4.69, 9.17) is 21.7 Å². The number of rotatable bonds is 7. The van der Waals surface area contributed by atoms with Crippen molar-refractivity contribution >= 4 is 57.8 Å². The molecule has 3 rings (SSSR count). The van der Waals surface area contributed by atoms with Crippen LogP contribution in [0.2, 0.25) is 0 Å². The van der Waals surface area contributed by atoms with E-state index in [0.717, 1.165) is 34.4 Å². The van der Waals surface area contributed by atoms with Gasteiger partial charge in [0.1, 0.15) is 28.2 Å². The molecule has 7 nitrogen and oxygen atoms in total. The van der Waals surface area contributed by atoms with E-state index in [1.54, 1.807) is 37.5 Å². The average molecular weight is 478 g/mol. The predicted molar refractivity (Wildman–Crippen MR) is 119 cm³/mol. The number of benzene rings is 2. The molecule has 2 aromatic rings. The maximum Gasteiger partial charge on any atom is 0.326 e. The Kier molecular flexibility index (Phi) is 7.54. The predicted octanol–water partition coefficient (Wildman–Crippen LogP) is 3.36. The van der Waals surface area contributed by atoms with Crippen molar-refractivity contribution in [1.29, 1.82) is 0 Å². The zero-order chi connectivity index (χ0) is 23.3. The van der Waals surface area contributed by atoms with Gasteiger partial charge < -0.3 is 14.8 Å². The summed E-state index contributed by atoms with van der Waals surface area (Å²) in [5.41, 5.74) is 0.492. The first-order chi connectivity index (χ1) is 15.3. The van der Waals surface area contributed by atoms with Crippen LogP contribution in [-0.2, 0) is 19.1 Å². The summed E-state index contributed by atoms with van der Waals surface area (Å²) in [6.45, 7) is -1.20. The van der Waals surface area contributed by atoms with Crippen LogP contribution in [0.5, 0.6) is 5.75 Å². The zero-order valence-electron chi connectivity index (χ0n) is 16.6. The molecule has 11 heteroatoms. The van der Waals surface area contributed by atoms with Gasteiger partial charge in [0.25, 0.3) is 11.8 Å². The Morgan fingerprint density at radius 1 is 1.19 bits per heavy atom. The lowest BCUT2D eigenvalue weighted by atomic mass is 10.2. The van der Waals surface area contributed by atoms with E-state index in [1.165, 1.54) is 0 Å². The molecule has 0 atom stereocenters. The number of esters is 1. The lowest BCUT2D eigenvalue weighted by Gasteiger charge is -2.13. The van der Waals surface area contributed by atoms with Crippen molar-refractivity contribution in [1.82, 2.24) is 4.90 Å². The minimum absolute atomic E-state index is 0.171. The second-order valence-corrected chi connectivity index (χ2v) is 8.05. The molecule has 1 fully saturated rings. The Morgan fingerprint density at radius 3 is 2.56 bits per heavy atom. The second kappa shape index (κ2) is 10.3. The summed E-state index contributed by atoms with van der Waals surface area (Å²) >= 11 is 6.20. The Balaban J connectivity index is 1.54. The normalized spacial score (nSPS) is 14.6. The molecular weight excluding hydrogens is 462 g/mol. The lowest BCUT2D eigenvalue weighted by Crippen LogP contribution is -2.35. The van der Waals surface area contributed by atoms with Crippen LogP contribution in [0.3, 0.4) is 0 Å². The fraction of sp³-hybridized carbons (Fsp3) is 0.143. The minimum Gasteiger partial charge on any atom is -0.497 e. The van der Waals surface area contributed by atoms with E-state index >= 15 is 0 Å². The van der Waals surface area contributed by atoms with Gasteiger partial charge in [-0.3, -0.25) is 19.3 Å². The number of thioether (sulfide) groups is 1. The van der Waals surface area contributed by atoms with Crippen LogP contribution >= 0.6 is 24.0 Å². The fourth-order valence-electron chi connectivity index (χ4n) is 2.59. The summed E-state index contributed by atoms with van der Waals surface area (Å²) in [6.07, 6.45) is 1.63. The van der Waals surface area contributed by atoms with E-state index in [0.29, 0.717) is 16.7 Å². The van der Waals surface area contributed by atoms with E-state index in [9.17, 15) is 23.2 Å². The molecule has 32 heavy (non-hydrogen) atoms. The van der Waals surface area contributed by atoms with Crippen molar-refractivity contribution in [2.24, 2.45) is 0 Å². The van der Waals surface area contributed by atoms with Gasteiger partial charge in [-0.2, -0.15) is 0 Å². The number of nitrogens with one attached hydrogen (secondary N) is 1. The first-order valence-electron chi connectivity index (χ1n) is 9.07. The summed E-state index contributed by atoms with van der Waals surface area (Å²) < 4.78 is 36.6. The van der Waals surface area contributed by atoms with Crippen LogP contribution in [0.15, 0.2) is 47.4 Å². The number of amides is 2. The molecule has 1 saturated heterocycles. The van der Waals surface area contributed by atoms with Gasteiger partial charge >= 0.3 is 5.97 Å². The first kappa shape index (κ1) is 23.4. The lowest BCUT2D eigenvalue weighted by molar-refractivity contribution is -0.148. The monoisotopic (exact) mass is 478 g/mol.